The normalized spacial score (nSPS) is 14.8. The Hall–Kier alpha value is -2.31. The van der Waals surface area contributed by atoms with E-state index in [0.717, 1.165) is 0 Å². The summed E-state index contributed by atoms with van der Waals surface area (Å²) >= 11 is 0. The highest BCUT2D eigenvalue weighted by Gasteiger charge is 2.36. The third-order valence-electron chi connectivity index (χ3n) is 3.46. The van der Waals surface area contributed by atoms with Gasteiger partial charge in [0.2, 0.25) is 5.91 Å². The van der Waals surface area contributed by atoms with Crippen LogP contribution in [0.15, 0.2) is 18.3 Å². The first-order valence-corrected chi connectivity index (χ1v) is 7.91. The number of carbonyl (C=O) groups excluding carboxylic acids is 2. The number of pyridine rings is 1. The van der Waals surface area contributed by atoms with Gasteiger partial charge >= 0.3 is 6.03 Å². The second-order valence-corrected chi connectivity index (χ2v) is 6.44. The predicted octanol–water partition coefficient (Wildman–Crippen LogP) is 2.00. The van der Waals surface area contributed by atoms with E-state index in [1.54, 1.807) is 17.3 Å². The minimum absolute atomic E-state index is 0.0249. The molecule has 0 saturated carbocycles. The summed E-state index contributed by atoms with van der Waals surface area (Å²) in [6, 6.07) is 3.38. The van der Waals surface area contributed by atoms with E-state index in [2.05, 4.69) is 10.3 Å². The van der Waals surface area contributed by atoms with Crippen LogP contribution in [-0.2, 0) is 4.79 Å². The van der Waals surface area contributed by atoms with Gasteiger partial charge in [0.15, 0.2) is 5.82 Å². The summed E-state index contributed by atoms with van der Waals surface area (Å²) < 4.78 is 0. The van der Waals surface area contributed by atoms with Crippen LogP contribution in [0, 0.1) is 0 Å². The number of carbonyl (C=O) groups is 2. The molecular weight excluding hydrogens is 294 g/mol. The van der Waals surface area contributed by atoms with Gasteiger partial charge < -0.3 is 5.32 Å². The standard InChI is InChI=1S/C16H25N5O2/c1-6-20-14-12(9-8-10-17-14)19(15(23)21(20)7-2)11-13(22)18-16(3,4)5/h8-10H,6-7,11H2,1-5H3,(H,18,22). The summed E-state index contributed by atoms with van der Waals surface area (Å²) in [7, 11) is 0. The van der Waals surface area contributed by atoms with Gasteiger partial charge in [0, 0.05) is 24.8 Å². The number of nitrogens with zero attached hydrogens (tertiary/aromatic N) is 4. The molecule has 0 radical (unpaired) electrons. The average Bonchev–Trinajstić information content (AvgIpc) is 2.47. The average molecular weight is 319 g/mol. The zero-order valence-corrected chi connectivity index (χ0v) is 14.5. The number of hydrogen-bond acceptors (Lipinski definition) is 4. The van der Waals surface area contributed by atoms with Gasteiger partial charge in [-0.25, -0.2) is 14.8 Å². The molecule has 0 saturated heterocycles. The van der Waals surface area contributed by atoms with E-state index in [0.29, 0.717) is 24.6 Å². The lowest BCUT2D eigenvalue weighted by molar-refractivity contribution is -0.121. The van der Waals surface area contributed by atoms with E-state index >= 15 is 0 Å². The van der Waals surface area contributed by atoms with Crippen molar-refractivity contribution in [1.29, 1.82) is 0 Å². The fourth-order valence-corrected chi connectivity index (χ4v) is 2.64. The molecule has 1 aromatic heterocycles. The van der Waals surface area contributed by atoms with E-state index in [4.69, 9.17) is 0 Å². The van der Waals surface area contributed by atoms with E-state index in [1.165, 1.54) is 4.90 Å². The molecule has 1 aliphatic heterocycles. The van der Waals surface area contributed by atoms with Crippen molar-refractivity contribution in [3.63, 3.8) is 0 Å². The molecule has 2 heterocycles. The maximum Gasteiger partial charge on any atom is 0.343 e. The summed E-state index contributed by atoms with van der Waals surface area (Å²) in [5.41, 5.74) is 0.321. The minimum atomic E-state index is -0.340. The SMILES string of the molecule is CCN1C(=O)N(CC(=O)NC(C)(C)C)c2cccnc2N1CC. The van der Waals surface area contributed by atoms with Crippen LogP contribution in [0.2, 0.25) is 0 Å². The minimum Gasteiger partial charge on any atom is -0.350 e. The van der Waals surface area contributed by atoms with Gasteiger partial charge in [0.1, 0.15) is 6.54 Å². The van der Waals surface area contributed by atoms with Crippen molar-refractivity contribution < 1.29 is 9.59 Å². The number of amides is 3. The quantitative estimate of drug-likeness (QED) is 0.921. The van der Waals surface area contributed by atoms with Crippen LogP contribution in [0.1, 0.15) is 34.6 Å². The number of anilines is 2. The van der Waals surface area contributed by atoms with Crippen molar-refractivity contribution in [3.8, 4) is 0 Å². The third kappa shape index (κ3) is 3.55. The molecule has 0 fully saturated rings. The van der Waals surface area contributed by atoms with Gasteiger partial charge in [0.25, 0.3) is 0 Å². The maximum atomic E-state index is 12.8. The topological polar surface area (TPSA) is 68.8 Å². The molecule has 1 aromatic rings. The third-order valence-corrected chi connectivity index (χ3v) is 3.46. The largest absolute Gasteiger partial charge is 0.350 e. The summed E-state index contributed by atoms with van der Waals surface area (Å²) in [6.07, 6.45) is 1.69. The fraction of sp³-hybridized carbons (Fsp3) is 0.562. The number of hydrogen-bond donors (Lipinski definition) is 1. The molecule has 3 amide bonds. The second-order valence-electron chi connectivity index (χ2n) is 6.44. The van der Waals surface area contributed by atoms with Crippen LogP contribution in [-0.4, -0.2) is 47.1 Å². The number of urea groups is 1. The Morgan fingerprint density at radius 1 is 1.22 bits per heavy atom. The van der Waals surface area contributed by atoms with Crippen molar-refractivity contribution in [2.75, 3.05) is 29.5 Å². The van der Waals surface area contributed by atoms with Gasteiger partial charge in [-0.3, -0.25) is 14.7 Å². The van der Waals surface area contributed by atoms with E-state index in [9.17, 15) is 9.59 Å². The summed E-state index contributed by atoms with van der Waals surface area (Å²) in [6.45, 7) is 10.7. The highest BCUT2D eigenvalue weighted by atomic mass is 16.2. The molecule has 2 rings (SSSR count). The number of hydrazine groups is 1. The van der Waals surface area contributed by atoms with Gasteiger partial charge in [-0.05, 0) is 46.8 Å². The molecule has 0 bridgehead atoms. The molecule has 23 heavy (non-hydrogen) atoms. The molecular formula is C16H25N5O2. The molecule has 0 unspecified atom stereocenters. The first kappa shape index (κ1) is 17.1. The van der Waals surface area contributed by atoms with Crippen LogP contribution in [0.5, 0.6) is 0 Å². The smallest absolute Gasteiger partial charge is 0.343 e. The maximum absolute atomic E-state index is 12.8. The van der Waals surface area contributed by atoms with Gasteiger partial charge in [-0.2, -0.15) is 0 Å². The summed E-state index contributed by atoms with van der Waals surface area (Å²) in [4.78, 5) is 30.9. The van der Waals surface area contributed by atoms with Crippen molar-refractivity contribution in [3.05, 3.63) is 18.3 Å². The van der Waals surface area contributed by atoms with Crippen molar-refractivity contribution >= 4 is 23.4 Å². The van der Waals surface area contributed by atoms with Crippen LogP contribution in [0.4, 0.5) is 16.3 Å². The monoisotopic (exact) mass is 319 g/mol. The highest BCUT2D eigenvalue weighted by molar-refractivity contribution is 6.03. The van der Waals surface area contributed by atoms with Crippen LogP contribution in [0.3, 0.4) is 0 Å². The molecule has 0 aromatic carbocycles. The molecule has 0 aliphatic carbocycles. The fourth-order valence-electron chi connectivity index (χ4n) is 2.64. The Kier molecular flexibility index (Phi) is 4.77. The zero-order chi connectivity index (χ0) is 17.2. The summed E-state index contributed by atoms with van der Waals surface area (Å²) in [5.74, 6) is 0.502. The Balaban J connectivity index is 2.35. The Morgan fingerprint density at radius 2 is 1.87 bits per heavy atom. The Bertz CT molecular complexity index is 596. The predicted molar refractivity (Wildman–Crippen MR) is 90.3 cm³/mol. The van der Waals surface area contributed by atoms with Gasteiger partial charge in [0.05, 0.1) is 5.69 Å². The molecule has 126 valence electrons. The van der Waals surface area contributed by atoms with Crippen molar-refractivity contribution in [2.24, 2.45) is 0 Å². The second kappa shape index (κ2) is 6.44. The van der Waals surface area contributed by atoms with Crippen LogP contribution >= 0.6 is 0 Å². The lowest BCUT2D eigenvalue weighted by atomic mass is 10.1. The molecule has 1 aliphatic rings. The molecule has 0 spiro atoms. The van der Waals surface area contributed by atoms with Gasteiger partial charge in [-0.15, -0.1) is 0 Å². The molecule has 7 nitrogen and oxygen atoms in total. The number of rotatable bonds is 4. The Labute approximate surface area is 137 Å². The lowest BCUT2D eigenvalue weighted by Crippen LogP contribution is -2.59. The molecule has 1 N–H and O–H groups in total. The number of nitrogens with one attached hydrogen (secondary N) is 1. The van der Waals surface area contributed by atoms with Crippen molar-refractivity contribution in [2.45, 2.75) is 40.2 Å². The first-order valence-electron chi connectivity index (χ1n) is 7.91. The summed E-state index contributed by atoms with van der Waals surface area (Å²) in [5, 5.41) is 6.34. The van der Waals surface area contributed by atoms with Crippen LogP contribution in [0.25, 0.3) is 0 Å². The van der Waals surface area contributed by atoms with E-state index in [1.807, 2.05) is 45.7 Å². The first-order chi connectivity index (χ1) is 10.8. The highest BCUT2D eigenvalue weighted by Crippen LogP contribution is 2.33. The van der Waals surface area contributed by atoms with Crippen LogP contribution < -0.4 is 15.2 Å². The zero-order valence-electron chi connectivity index (χ0n) is 14.5. The molecule has 7 heteroatoms. The Morgan fingerprint density at radius 3 is 2.43 bits per heavy atom. The lowest BCUT2D eigenvalue weighted by Gasteiger charge is -2.43. The van der Waals surface area contributed by atoms with Gasteiger partial charge in [-0.1, -0.05) is 0 Å². The number of fused-ring (bicyclic) bond motifs is 1. The number of aromatic nitrogens is 1. The molecule has 0 atom stereocenters. The van der Waals surface area contributed by atoms with Crippen molar-refractivity contribution in [1.82, 2.24) is 15.3 Å². The van der Waals surface area contributed by atoms with E-state index < -0.39 is 0 Å². The van der Waals surface area contributed by atoms with E-state index in [-0.39, 0.29) is 24.0 Å².